The van der Waals surface area contributed by atoms with Crippen molar-refractivity contribution in [1.82, 2.24) is 0 Å². The Bertz CT molecular complexity index is 369. The molecule has 0 aromatic carbocycles. The van der Waals surface area contributed by atoms with E-state index in [2.05, 4.69) is 39.6 Å². The monoisotopic (exact) mass is 263 g/mol. The molecule has 0 saturated carbocycles. The van der Waals surface area contributed by atoms with Crippen molar-refractivity contribution in [3.05, 3.63) is 0 Å². The predicted octanol–water partition coefficient (Wildman–Crippen LogP) is 2.94. The highest BCUT2D eigenvalue weighted by atomic mass is 33.1. The Morgan fingerprint density at radius 2 is 1.73 bits per heavy atom. The summed E-state index contributed by atoms with van der Waals surface area (Å²) in [6.45, 7) is 12.1. The van der Waals surface area contributed by atoms with E-state index in [1.807, 2.05) is 0 Å². The molecule has 15 heavy (non-hydrogen) atoms. The summed E-state index contributed by atoms with van der Waals surface area (Å²) in [5.41, 5.74) is 0.377. The third-order valence-corrected chi connectivity index (χ3v) is 6.40. The first-order valence-corrected chi connectivity index (χ1v) is 8.98. The van der Waals surface area contributed by atoms with Gasteiger partial charge in [0.25, 0.3) is 0 Å². The normalized spacial score (nSPS) is 21.5. The quantitative estimate of drug-likeness (QED) is 0.759. The molecular formula is C11H21NS3. The highest BCUT2D eigenvalue weighted by Crippen LogP contribution is 2.37. The molecule has 0 atom stereocenters. The van der Waals surface area contributed by atoms with Crippen LogP contribution in [0.5, 0.6) is 0 Å². The maximum atomic E-state index is 5.53. The van der Waals surface area contributed by atoms with Gasteiger partial charge in [0, 0.05) is 17.7 Å². The molecule has 1 rings (SSSR count). The van der Waals surface area contributed by atoms with Gasteiger partial charge in [-0.2, -0.15) is 0 Å². The van der Waals surface area contributed by atoms with Gasteiger partial charge in [0.05, 0.1) is 5.04 Å². The molecule has 0 fully saturated rings. The third-order valence-electron chi connectivity index (χ3n) is 2.46. The highest BCUT2D eigenvalue weighted by Gasteiger charge is 2.35. The van der Waals surface area contributed by atoms with E-state index < -0.39 is 7.15 Å². The van der Waals surface area contributed by atoms with E-state index in [1.165, 1.54) is 0 Å². The Kier molecular flexibility index (Phi) is 3.64. The number of aliphatic imine (C=N–C) groups is 1. The lowest BCUT2D eigenvalue weighted by Crippen LogP contribution is -2.32. The van der Waals surface area contributed by atoms with E-state index in [1.54, 1.807) is 0 Å². The van der Waals surface area contributed by atoms with Gasteiger partial charge < -0.3 is 0 Å². The highest BCUT2D eigenvalue weighted by molar-refractivity contribution is 8.63. The average Bonchev–Trinajstić information content (AvgIpc) is 2.23. The smallest absolute Gasteiger partial charge is 0.0815 e. The fraction of sp³-hybridized carbons (Fsp3) is 0.909. The van der Waals surface area contributed by atoms with E-state index in [0.29, 0.717) is 5.41 Å². The van der Waals surface area contributed by atoms with Crippen molar-refractivity contribution < 1.29 is 0 Å². The lowest BCUT2D eigenvalue weighted by molar-refractivity contribution is 0.281. The van der Waals surface area contributed by atoms with Crippen LogP contribution < -0.4 is 0 Å². The van der Waals surface area contributed by atoms with Crippen molar-refractivity contribution in [2.24, 2.45) is 15.8 Å². The Morgan fingerprint density at radius 1 is 1.20 bits per heavy atom. The standard InChI is InChI=1S/C11H21NS3/c1-10(2,3)8-11(4,5)9-12-6-7-15(9,13)14/h6-8H2,1-5H3. The van der Waals surface area contributed by atoms with Crippen LogP contribution in [0.25, 0.3) is 0 Å². The van der Waals surface area contributed by atoms with Crippen LogP contribution >= 0.6 is 0 Å². The van der Waals surface area contributed by atoms with E-state index >= 15 is 0 Å². The fourth-order valence-corrected chi connectivity index (χ4v) is 6.34. The largest absolute Gasteiger partial charge is 0.281 e. The molecule has 0 unspecified atom stereocenters. The van der Waals surface area contributed by atoms with Crippen molar-refractivity contribution in [3.8, 4) is 0 Å². The van der Waals surface area contributed by atoms with Crippen molar-refractivity contribution >= 4 is 34.6 Å². The van der Waals surface area contributed by atoms with Crippen LogP contribution in [-0.2, 0) is 29.5 Å². The van der Waals surface area contributed by atoms with E-state index in [4.69, 9.17) is 22.4 Å². The van der Waals surface area contributed by atoms with Gasteiger partial charge in [-0.15, -0.1) is 0 Å². The Balaban J connectivity index is 2.97. The van der Waals surface area contributed by atoms with Crippen LogP contribution in [0.4, 0.5) is 0 Å². The maximum absolute atomic E-state index is 5.53. The number of hydrogen-bond donors (Lipinski definition) is 0. The second-order valence-electron chi connectivity index (χ2n) is 6.13. The van der Waals surface area contributed by atoms with Crippen LogP contribution in [0.1, 0.15) is 41.0 Å². The predicted molar refractivity (Wildman–Crippen MR) is 77.1 cm³/mol. The van der Waals surface area contributed by atoms with Crippen molar-refractivity contribution in [2.75, 3.05) is 12.3 Å². The van der Waals surface area contributed by atoms with Gasteiger partial charge in [-0.3, -0.25) is 4.99 Å². The zero-order valence-electron chi connectivity index (χ0n) is 10.3. The van der Waals surface area contributed by atoms with Crippen LogP contribution in [0.3, 0.4) is 0 Å². The zero-order chi connectivity index (χ0) is 11.9. The molecular weight excluding hydrogens is 242 g/mol. The summed E-state index contributed by atoms with van der Waals surface area (Å²) in [4.78, 5) is 4.59. The molecule has 0 aromatic heterocycles. The number of hydrogen-bond acceptors (Lipinski definition) is 3. The molecule has 0 radical (unpaired) electrons. The minimum atomic E-state index is -1.40. The van der Waals surface area contributed by atoms with Crippen LogP contribution in [0, 0.1) is 10.8 Å². The van der Waals surface area contributed by atoms with E-state index in [0.717, 1.165) is 23.8 Å². The summed E-state index contributed by atoms with van der Waals surface area (Å²) in [6.07, 6.45) is 1.10. The fourth-order valence-electron chi connectivity index (χ4n) is 2.50. The van der Waals surface area contributed by atoms with E-state index in [9.17, 15) is 0 Å². The molecule has 0 aliphatic carbocycles. The van der Waals surface area contributed by atoms with Gasteiger partial charge in [0.15, 0.2) is 0 Å². The lowest BCUT2D eigenvalue weighted by atomic mass is 9.77. The molecule has 0 amide bonds. The summed E-state index contributed by atoms with van der Waals surface area (Å²) in [6, 6.07) is 0. The Morgan fingerprint density at radius 3 is 2.07 bits per heavy atom. The molecule has 1 heterocycles. The molecule has 1 aliphatic heterocycles. The van der Waals surface area contributed by atoms with Gasteiger partial charge >= 0.3 is 0 Å². The van der Waals surface area contributed by atoms with Crippen molar-refractivity contribution in [2.45, 2.75) is 41.0 Å². The lowest BCUT2D eigenvalue weighted by Gasteiger charge is -2.33. The summed E-state index contributed by atoms with van der Waals surface area (Å²) < 4.78 is 0. The summed E-state index contributed by atoms with van der Waals surface area (Å²) >= 11 is 11.1. The molecule has 1 aliphatic rings. The molecule has 1 nitrogen and oxygen atoms in total. The van der Waals surface area contributed by atoms with Gasteiger partial charge in [-0.25, -0.2) is 0 Å². The van der Waals surface area contributed by atoms with Gasteiger partial charge in [-0.1, -0.05) is 34.6 Å². The average molecular weight is 263 g/mol. The van der Waals surface area contributed by atoms with Crippen molar-refractivity contribution in [3.63, 3.8) is 0 Å². The van der Waals surface area contributed by atoms with Crippen LogP contribution in [0.2, 0.25) is 0 Å². The number of nitrogens with zero attached hydrogens (tertiary/aromatic N) is 1. The SMILES string of the molecule is CC(C)(C)CC(C)(C)C1=NCCS1(=S)=S. The molecule has 0 aromatic rings. The third kappa shape index (κ3) is 3.46. The first-order valence-electron chi connectivity index (χ1n) is 5.32. The van der Waals surface area contributed by atoms with Gasteiger partial charge in [0.2, 0.25) is 0 Å². The molecule has 0 N–H and O–H groups in total. The molecule has 4 heteroatoms. The summed E-state index contributed by atoms with van der Waals surface area (Å²) in [7, 11) is -1.40. The molecule has 0 saturated heterocycles. The number of rotatable bonds is 2. The Labute approximate surface area is 104 Å². The first-order chi connectivity index (χ1) is 6.55. The van der Waals surface area contributed by atoms with Crippen LogP contribution in [-0.4, -0.2) is 17.3 Å². The molecule has 0 spiro atoms. The molecule has 0 bridgehead atoms. The topological polar surface area (TPSA) is 12.4 Å². The van der Waals surface area contributed by atoms with Crippen LogP contribution in [0.15, 0.2) is 4.99 Å². The zero-order valence-corrected chi connectivity index (χ0v) is 12.7. The summed E-state index contributed by atoms with van der Waals surface area (Å²) in [5, 5.41) is 1.15. The van der Waals surface area contributed by atoms with E-state index in [-0.39, 0.29) is 5.41 Å². The maximum Gasteiger partial charge on any atom is 0.0815 e. The first kappa shape index (κ1) is 13.5. The second kappa shape index (κ2) is 4.04. The minimum Gasteiger partial charge on any atom is -0.281 e. The summed E-state index contributed by atoms with van der Waals surface area (Å²) in [5.74, 6) is 0.931. The van der Waals surface area contributed by atoms with Crippen molar-refractivity contribution in [1.29, 1.82) is 0 Å². The second-order valence-corrected chi connectivity index (χ2v) is 12.2. The van der Waals surface area contributed by atoms with Gasteiger partial charge in [0.1, 0.15) is 0 Å². The minimum absolute atomic E-state index is 0.0770. The molecule has 88 valence electrons. The Hall–Kier alpha value is 0.460. The van der Waals surface area contributed by atoms with Gasteiger partial charge in [-0.05, 0) is 41.4 Å².